The average molecular weight is 945 g/mol. The largest absolute Gasteiger partial charge is 0.444 e. The van der Waals surface area contributed by atoms with E-state index in [0.717, 1.165) is 49.9 Å². The van der Waals surface area contributed by atoms with Crippen LogP contribution in [0, 0.1) is 37.5 Å². The number of benzene rings is 5. The summed E-state index contributed by atoms with van der Waals surface area (Å²) in [5.74, 6) is 13.3. The predicted molar refractivity (Wildman–Crippen MR) is 278 cm³/mol. The molecule has 0 saturated carbocycles. The first-order chi connectivity index (χ1) is 32.6. The molecule has 1 aliphatic heterocycles. The number of aromatic nitrogens is 1. The molecule has 1 saturated heterocycles. The van der Waals surface area contributed by atoms with E-state index in [9.17, 15) is 9.36 Å². The molecule has 0 aliphatic carbocycles. The van der Waals surface area contributed by atoms with Crippen molar-refractivity contribution < 1.29 is 23.2 Å². The van der Waals surface area contributed by atoms with Gasteiger partial charge in [0.05, 0.1) is 12.3 Å². The topological polar surface area (TPSA) is 92.3 Å². The van der Waals surface area contributed by atoms with Gasteiger partial charge in [-0.3, -0.25) is 14.4 Å². The Morgan fingerprint density at radius 2 is 1.10 bits per heavy atom. The Bertz CT molecular complexity index is 2910. The van der Waals surface area contributed by atoms with Gasteiger partial charge in [0.2, 0.25) is 0 Å². The highest BCUT2D eigenvalue weighted by Crippen LogP contribution is 2.45. The van der Waals surface area contributed by atoms with Gasteiger partial charge in [-0.1, -0.05) is 108 Å². The van der Waals surface area contributed by atoms with E-state index in [1.807, 2.05) is 175 Å². The molecule has 5 aromatic carbocycles. The fourth-order valence-corrected chi connectivity index (χ4v) is 11.8. The molecule has 1 amide bonds. The van der Waals surface area contributed by atoms with E-state index < -0.39 is 20.1 Å². The van der Waals surface area contributed by atoms with Crippen LogP contribution in [0.1, 0.15) is 72.3 Å². The molecular weight excluding hydrogens is 883 g/mol. The minimum Gasteiger partial charge on any atom is -0.444 e. The molecule has 11 heteroatoms. The predicted octanol–water partition coefficient (Wildman–Crippen LogP) is 9.26. The van der Waals surface area contributed by atoms with Crippen LogP contribution >= 0.6 is 14.5 Å². The number of aryl methyl sites for hydroxylation is 2. The molecule has 0 radical (unpaired) electrons. The summed E-state index contributed by atoms with van der Waals surface area (Å²) in [5, 5.41) is 1.92. The first-order valence-corrected chi connectivity index (χ1v) is 27.0. The van der Waals surface area contributed by atoms with Crippen molar-refractivity contribution in [3.8, 4) is 23.7 Å². The lowest BCUT2D eigenvalue weighted by Crippen LogP contribution is -2.42. The van der Waals surface area contributed by atoms with Gasteiger partial charge in [-0.2, -0.15) is 0 Å². The van der Waals surface area contributed by atoms with E-state index >= 15 is 4.57 Å². The van der Waals surface area contributed by atoms with E-state index in [4.69, 9.17) is 14.2 Å². The Balaban J connectivity index is 1.24. The average Bonchev–Trinajstić information content (AvgIpc) is 3.42. The number of rotatable bonds is 10. The molecule has 0 spiro atoms. The summed E-state index contributed by atoms with van der Waals surface area (Å²) in [7, 11) is -6.62. The molecule has 6 aromatic rings. The molecule has 68 heavy (non-hydrogen) atoms. The number of hydrogen-bond acceptors (Lipinski definition) is 8. The summed E-state index contributed by atoms with van der Waals surface area (Å²) in [4.78, 5) is 25.3. The Morgan fingerprint density at radius 1 is 0.603 bits per heavy atom. The number of carbonyl (C=O) groups excluding carboxylic acids is 1. The lowest BCUT2D eigenvalue weighted by Gasteiger charge is -2.29. The van der Waals surface area contributed by atoms with E-state index in [-0.39, 0.29) is 12.7 Å². The highest BCUT2D eigenvalue weighted by atomic mass is 31.2. The van der Waals surface area contributed by atoms with Crippen LogP contribution in [-0.4, -0.2) is 83.9 Å². The monoisotopic (exact) mass is 944 g/mol. The maximum atomic E-state index is 15.1. The van der Waals surface area contributed by atoms with Crippen LogP contribution in [0.15, 0.2) is 140 Å². The Hall–Kier alpha value is -6.02. The highest BCUT2D eigenvalue weighted by Gasteiger charge is 2.30. The highest BCUT2D eigenvalue weighted by molar-refractivity contribution is 7.77. The second-order valence-corrected chi connectivity index (χ2v) is 23.6. The number of nitrogens with zero attached hydrogens (tertiary/aromatic N) is 4. The number of pyridine rings is 1. The van der Waals surface area contributed by atoms with E-state index in [2.05, 4.69) is 39.5 Å². The molecule has 1 aliphatic rings. The summed E-state index contributed by atoms with van der Waals surface area (Å²) in [6.45, 7) is 17.8. The zero-order valence-corrected chi connectivity index (χ0v) is 42.2. The molecule has 0 N–H and O–H groups in total. The van der Waals surface area contributed by atoms with Gasteiger partial charge in [-0.05, 0) is 121 Å². The third-order valence-corrected chi connectivity index (χ3v) is 16.6. The molecule has 7 rings (SSSR count). The van der Waals surface area contributed by atoms with Gasteiger partial charge in [0.25, 0.3) is 7.37 Å². The Kier molecular flexibility index (Phi) is 16.4. The molecule has 2 unspecified atom stereocenters. The molecule has 1 aromatic heterocycles. The number of amides is 1. The third kappa shape index (κ3) is 13.6. The van der Waals surface area contributed by atoms with Crippen molar-refractivity contribution in [2.75, 3.05) is 52.5 Å². The molecule has 1 fully saturated rings. The fraction of sp³-hybridized carbons (Fsp3) is 0.298. The van der Waals surface area contributed by atoms with Crippen LogP contribution in [0.3, 0.4) is 0 Å². The Labute approximate surface area is 403 Å². The minimum absolute atomic E-state index is 0.268. The van der Waals surface area contributed by atoms with Crippen LogP contribution in [-0.2, 0) is 31.5 Å². The summed E-state index contributed by atoms with van der Waals surface area (Å²) in [6, 6.07) is 44.8. The first kappa shape index (κ1) is 49.9. The van der Waals surface area contributed by atoms with E-state index in [1.54, 1.807) is 11.6 Å². The number of hydrogen-bond donors (Lipinski definition) is 0. The molecule has 0 bridgehead atoms. The molecule has 350 valence electrons. The summed E-state index contributed by atoms with van der Waals surface area (Å²) < 4.78 is 41.8. The van der Waals surface area contributed by atoms with E-state index in [1.165, 1.54) is 0 Å². The lowest BCUT2D eigenvalue weighted by atomic mass is 10.1. The quantitative estimate of drug-likeness (QED) is 0.0993. The first-order valence-electron chi connectivity index (χ1n) is 23.3. The lowest BCUT2D eigenvalue weighted by molar-refractivity contribution is 0.0229. The van der Waals surface area contributed by atoms with Crippen molar-refractivity contribution in [1.82, 2.24) is 19.7 Å². The maximum absolute atomic E-state index is 15.1. The van der Waals surface area contributed by atoms with Crippen molar-refractivity contribution in [2.45, 2.75) is 60.2 Å². The van der Waals surface area contributed by atoms with Crippen LogP contribution in [0.5, 0.6) is 0 Å². The summed E-state index contributed by atoms with van der Waals surface area (Å²) >= 11 is 0. The van der Waals surface area contributed by atoms with Crippen molar-refractivity contribution in [3.05, 3.63) is 184 Å². The van der Waals surface area contributed by atoms with Crippen LogP contribution in [0.25, 0.3) is 0 Å². The summed E-state index contributed by atoms with van der Waals surface area (Å²) in [6.07, 6.45) is -0.376. The zero-order chi connectivity index (χ0) is 48.3. The van der Waals surface area contributed by atoms with Crippen molar-refractivity contribution in [2.24, 2.45) is 0 Å². The second-order valence-electron chi connectivity index (χ2n) is 18.4. The van der Waals surface area contributed by atoms with Crippen molar-refractivity contribution >= 4 is 42.0 Å². The SMILES string of the molecule is CCOP(=O)(c1ccccc1)c1cc(C#Cc2ccc(C)cc2)cc(CN2CCN(Cc3cc(C#Cc4ccc(C)cc4)cc(P(C)(=O)c4ccccc4)n3)CCN(C(=O)OC(C)(C)C)CC2)c1. The van der Waals surface area contributed by atoms with Gasteiger partial charge < -0.3 is 18.7 Å². The normalized spacial score (nSPS) is 15.5. The van der Waals surface area contributed by atoms with Gasteiger partial charge in [-0.15, -0.1) is 0 Å². The molecular formula is C57H62N4O5P2. The van der Waals surface area contributed by atoms with Crippen LogP contribution in [0.2, 0.25) is 0 Å². The van der Waals surface area contributed by atoms with Gasteiger partial charge in [0, 0.05) is 90.5 Å². The fourth-order valence-electron chi connectivity index (χ4n) is 7.92. The van der Waals surface area contributed by atoms with Gasteiger partial charge in [0.1, 0.15) is 11.0 Å². The van der Waals surface area contributed by atoms with Crippen molar-refractivity contribution in [3.63, 3.8) is 0 Å². The smallest absolute Gasteiger partial charge is 0.410 e. The Morgan fingerprint density at radius 3 is 1.65 bits per heavy atom. The van der Waals surface area contributed by atoms with Crippen LogP contribution < -0.4 is 21.3 Å². The summed E-state index contributed by atoms with van der Waals surface area (Å²) in [5.41, 5.74) is 7.02. The number of carbonyl (C=O) groups is 1. The van der Waals surface area contributed by atoms with Crippen molar-refractivity contribution in [1.29, 1.82) is 0 Å². The molecule has 2 atom stereocenters. The second kappa shape index (κ2) is 22.4. The van der Waals surface area contributed by atoms with Crippen LogP contribution in [0.4, 0.5) is 4.79 Å². The zero-order valence-electron chi connectivity index (χ0n) is 40.4. The van der Waals surface area contributed by atoms with Gasteiger partial charge in [-0.25, -0.2) is 9.78 Å². The van der Waals surface area contributed by atoms with Gasteiger partial charge >= 0.3 is 6.09 Å². The molecule has 9 nitrogen and oxygen atoms in total. The minimum atomic E-state index is -3.51. The standard InChI is InChI=1S/C57H62N4O5P2/c1-8-65-68(64,53-17-13-10-14-18-53)54-39-48(29-27-46-23-19-44(2)20-24-46)37-50(40-54)42-59-31-32-60(34-36-61(35-33-59)56(62)66-57(4,5)6)43-51-38-49(30-28-47-25-21-45(3)22-26-47)41-55(58-51)67(7,63)52-15-11-9-12-16-52/h9-26,37-41H,8,31-36,42-43H2,1-7H3. The third-order valence-electron chi connectivity index (χ3n) is 11.6. The van der Waals surface area contributed by atoms with E-state index in [0.29, 0.717) is 68.4 Å². The number of ether oxygens (including phenoxy) is 1. The van der Waals surface area contributed by atoms with Gasteiger partial charge in [0.15, 0.2) is 7.14 Å². The molecule has 2 heterocycles. The maximum Gasteiger partial charge on any atom is 0.410 e.